The van der Waals surface area contributed by atoms with E-state index in [9.17, 15) is 8.42 Å². The first-order valence-corrected chi connectivity index (χ1v) is 9.88. The molecule has 106 valence electrons. The van der Waals surface area contributed by atoms with Crippen molar-refractivity contribution in [2.75, 3.05) is 13.1 Å². The topological polar surface area (TPSA) is 37.4 Å². The predicted molar refractivity (Wildman–Crippen MR) is 80.9 cm³/mol. The Hall–Kier alpha value is 0.0900. The average Bonchev–Trinajstić information content (AvgIpc) is 2.98. The van der Waals surface area contributed by atoms with Gasteiger partial charge in [-0.05, 0) is 52.1 Å². The van der Waals surface area contributed by atoms with Gasteiger partial charge < -0.3 is 0 Å². The number of hydrogen-bond acceptors (Lipinski definition) is 3. The lowest BCUT2D eigenvalue weighted by Gasteiger charge is -2.33. The molecule has 0 amide bonds. The summed E-state index contributed by atoms with van der Waals surface area (Å²) in [4.78, 5) is 0. The van der Waals surface area contributed by atoms with Gasteiger partial charge in [-0.3, -0.25) is 0 Å². The molecular weight excluding hydrogens is 346 g/mol. The van der Waals surface area contributed by atoms with Crippen LogP contribution in [0, 0.1) is 5.41 Å². The van der Waals surface area contributed by atoms with E-state index >= 15 is 0 Å². The fourth-order valence-electron chi connectivity index (χ4n) is 3.39. The highest BCUT2D eigenvalue weighted by atomic mass is 79.9. The Morgan fingerprint density at radius 3 is 2.58 bits per heavy atom. The summed E-state index contributed by atoms with van der Waals surface area (Å²) < 4.78 is 28.2. The van der Waals surface area contributed by atoms with Gasteiger partial charge in [-0.2, -0.15) is 4.31 Å². The van der Waals surface area contributed by atoms with Crippen LogP contribution in [-0.2, 0) is 10.0 Å². The average molecular weight is 364 g/mol. The second-order valence-electron chi connectivity index (χ2n) is 5.71. The van der Waals surface area contributed by atoms with Crippen molar-refractivity contribution < 1.29 is 8.42 Å². The Kier molecular flexibility index (Phi) is 3.79. The third-order valence-corrected chi connectivity index (χ3v) is 8.97. The lowest BCUT2D eigenvalue weighted by atomic mass is 9.74. The minimum atomic E-state index is -3.30. The van der Waals surface area contributed by atoms with Crippen molar-refractivity contribution in [2.24, 2.45) is 5.41 Å². The molecule has 1 aromatic rings. The summed E-state index contributed by atoms with van der Waals surface area (Å²) >= 11 is 4.64. The van der Waals surface area contributed by atoms with Crippen molar-refractivity contribution in [1.29, 1.82) is 0 Å². The highest BCUT2D eigenvalue weighted by Gasteiger charge is 2.43. The van der Waals surface area contributed by atoms with Crippen LogP contribution in [-0.4, -0.2) is 25.8 Å². The third-order valence-electron chi connectivity index (χ3n) is 4.48. The molecule has 0 N–H and O–H groups in total. The minimum absolute atomic E-state index is 0.273. The second-order valence-corrected chi connectivity index (χ2v) is 9.61. The summed E-state index contributed by atoms with van der Waals surface area (Å²) in [6.45, 7) is 1.41. The van der Waals surface area contributed by atoms with Gasteiger partial charge in [-0.25, -0.2) is 8.42 Å². The molecule has 2 aliphatic rings. The van der Waals surface area contributed by atoms with Crippen LogP contribution >= 0.6 is 27.3 Å². The van der Waals surface area contributed by atoms with E-state index in [-0.39, 0.29) is 5.41 Å². The van der Waals surface area contributed by atoms with Gasteiger partial charge in [0.1, 0.15) is 4.21 Å². The molecule has 1 aromatic heterocycles. The zero-order chi connectivity index (χ0) is 13.5. The maximum Gasteiger partial charge on any atom is 0.253 e. The largest absolute Gasteiger partial charge is 0.253 e. The van der Waals surface area contributed by atoms with E-state index < -0.39 is 10.0 Å². The fraction of sp³-hybridized carbons (Fsp3) is 0.692. The number of halogens is 1. The maximum atomic E-state index is 12.6. The number of hydrogen-bond donors (Lipinski definition) is 0. The zero-order valence-corrected chi connectivity index (χ0v) is 14.0. The van der Waals surface area contributed by atoms with E-state index in [1.165, 1.54) is 43.4 Å². The van der Waals surface area contributed by atoms with E-state index in [4.69, 9.17) is 0 Å². The Labute approximate surface area is 127 Å². The van der Waals surface area contributed by atoms with Gasteiger partial charge in [0.05, 0.1) is 0 Å². The van der Waals surface area contributed by atoms with Crippen molar-refractivity contribution in [2.45, 2.75) is 42.7 Å². The standard InChI is InChI=1S/C13H18BrNO2S2/c14-11-4-9-18-12(11)19(16,17)15-8-7-13(10-15)5-2-1-3-6-13/h4,9H,1-3,5-8,10H2. The van der Waals surface area contributed by atoms with E-state index in [0.29, 0.717) is 15.2 Å². The number of rotatable bonds is 2. The highest BCUT2D eigenvalue weighted by molar-refractivity contribution is 9.10. The van der Waals surface area contributed by atoms with Crippen LogP contribution in [0.25, 0.3) is 0 Å². The molecule has 0 aromatic carbocycles. The molecule has 1 saturated heterocycles. The molecule has 3 nitrogen and oxygen atoms in total. The normalized spacial score (nSPS) is 24.1. The summed E-state index contributed by atoms with van der Waals surface area (Å²) in [6, 6.07) is 1.81. The van der Waals surface area contributed by atoms with Gasteiger partial charge in [-0.15, -0.1) is 11.3 Å². The molecule has 1 spiro atoms. The van der Waals surface area contributed by atoms with E-state index in [1.54, 1.807) is 4.31 Å². The molecule has 2 heterocycles. The molecule has 6 heteroatoms. The SMILES string of the molecule is O=S(=O)(c1sccc1Br)N1CCC2(CCCCC2)C1. The Bertz CT molecular complexity index is 561. The van der Waals surface area contributed by atoms with Gasteiger partial charge in [0.2, 0.25) is 0 Å². The zero-order valence-electron chi connectivity index (χ0n) is 10.8. The number of sulfonamides is 1. The Morgan fingerprint density at radius 1 is 1.21 bits per heavy atom. The molecule has 19 heavy (non-hydrogen) atoms. The molecule has 0 unspecified atom stereocenters. The smallest absolute Gasteiger partial charge is 0.206 e. The fourth-order valence-corrected chi connectivity index (χ4v) is 7.39. The molecule has 0 bridgehead atoms. The molecule has 1 aliphatic carbocycles. The van der Waals surface area contributed by atoms with Crippen molar-refractivity contribution in [3.63, 3.8) is 0 Å². The highest BCUT2D eigenvalue weighted by Crippen LogP contribution is 2.45. The van der Waals surface area contributed by atoms with Crippen LogP contribution in [0.5, 0.6) is 0 Å². The summed E-state index contributed by atoms with van der Waals surface area (Å²) in [6.07, 6.45) is 7.27. The minimum Gasteiger partial charge on any atom is -0.206 e. The first-order chi connectivity index (χ1) is 9.04. The quantitative estimate of drug-likeness (QED) is 0.799. The summed E-state index contributed by atoms with van der Waals surface area (Å²) in [5.74, 6) is 0. The van der Waals surface area contributed by atoms with Gasteiger partial charge in [0.25, 0.3) is 10.0 Å². The molecule has 2 fully saturated rings. The van der Waals surface area contributed by atoms with Crippen LogP contribution < -0.4 is 0 Å². The van der Waals surface area contributed by atoms with Crippen molar-refractivity contribution in [3.8, 4) is 0 Å². The summed E-state index contributed by atoms with van der Waals surface area (Å²) in [5, 5.41) is 1.82. The van der Waals surface area contributed by atoms with Crippen molar-refractivity contribution >= 4 is 37.3 Å². The third kappa shape index (κ3) is 2.52. The first kappa shape index (κ1) is 14.0. The van der Waals surface area contributed by atoms with Gasteiger partial charge in [0.15, 0.2) is 0 Å². The lowest BCUT2D eigenvalue weighted by molar-refractivity contribution is 0.205. The maximum absolute atomic E-state index is 12.6. The van der Waals surface area contributed by atoms with Crippen LogP contribution in [0.15, 0.2) is 20.1 Å². The van der Waals surface area contributed by atoms with Gasteiger partial charge in [0, 0.05) is 17.6 Å². The van der Waals surface area contributed by atoms with Crippen LogP contribution in [0.3, 0.4) is 0 Å². The molecular formula is C13H18BrNO2S2. The first-order valence-electron chi connectivity index (χ1n) is 6.77. The predicted octanol–water partition coefficient (Wildman–Crippen LogP) is 3.86. The molecule has 1 saturated carbocycles. The molecule has 3 rings (SSSR count). The summed E-state index contributed by atoms with van der Waals surface area (Å²) in [7, 11) is -3.30. The number of nitrogens with zero attached hydrogens (tertiary/aromatic N) is 1. The Balaban J connectivity index is 1.83. The van der Waals surface area contributed by atoms with E-state index in [0.717, 1.165) is 13.0 Å². The van der Waals surface area contributed by atoms with Crippen molar-refractivity contribution in [1.82, 2.24) is 4.31 Å². The summed E-state index contributed by atoms with van der Waals surface area (Å²) in [5.41, 5.74) is 0.273. The molecule has 1 aliphatic heterocycles. The van der Waals surface area contributed by atoms with Crippen LogP contribution in [0.4, 0.5) is 0 Å². The monoisotopic (exact) mass is 363 g/mol. The van der Waals surface area contributed by atoms with Crippen LogP contribution in [0.1, 0.15) is 38.5 Å². The van der Waals surface area contributed by atoms with Gasteiger partial charge in [-0.1, -0.05) is 19.3 Å². The lowest BCUT2D eigenvalue weighted by Crippen LogP contribution is -2.33. The van der Waals surface area contributed by atoms with Gasteiger partial charge >= 0.3 is 0 Å². The van der Waals surface area contributed by atoms with Crippen LogP contribution in [0.2, 0.25) is 0 Å². The molecule has 0 radical (unpaired) electrons. The van der Waals surface area contributed by atoms with E-state index in [2.05, 4.69) is 15.9 Å². The second kappa shape index (κ2) is 5.13. The van der Waals surface area contributed by atoms with E-state index in [1.807, 2.05) is 11.4 Å². The Morgan fingerprint density at radius 2 is 1.95 bits per heavy atom. The van der Waals surface area contributed by atoms with Crippen molar-refractivity contribution in [3.05, 3.63) is 15.9 Å². The number of thiophene rings is 1. The molecule has 0 atom stereocenters.